The number of nitrogens with zero attached hydrogens (tertiary/aromatic N) is 5. The monoisotopic (exact) mass is 359 g/mol. The third-order valence-corrected chi connectivity index (χ3v) is 4.66. The van der Waals surface area contributed by atoms with E-state index in [9.17, 15) is 10.1 Å². The molecule has 3 rings (SSSR count). The summed E-state index contributed by atoms with van der Waals surface area (Å²) in [6.07, 6.45) is 0.547. The number of hydrogen-bond donors (Lipinski definition) is 0. The van der Waals surface area contributed by atoms with Gasteiger partial charge in [0.2, 0.25) is 5.82 Å². The van der Waals surface area contributed by atoms with Crippen LogP contribution in [0.5, 0.6) is 5.75 Å². The van der Waals surface area contributed by atoms with Gasteiger partial charge in [-0.15, -0.1) is 0 Å². The Morgan fingerprint density at radius 3 is 2.42 bits per heavy atom. The number of anilines is 2. The van der Waals surface area contributed by atoms with Crippen molar-refractivity contribution in [1.29, 1.82) is 0 Å². The lowest BCUT2D eigenvalue weighted by Crippen LogP contribution is -2.47. The van der Waals surface area contributed by atoms with Gasteiger partial charge in [0.25, 0.3) is 0 Å². The molecular weight excluding hydrogens is 334 g/mol. The lowest BCUT2D eigenvalue weighted by Gasteiger charge is -2.37. The second-order valence-electron chi connectivity index (χ2n) is 6.23. The molecule has 1 aromatic heterocycles. The SMILES string of the molecule is CCOc1ccccc1N1CCN(c2c([N+](=O)[O-])c(CC)nn2C)CC1. The maximum absolute atomic E-state index is 11.6. The largest absolute Gasteiger partial charge is 0.492 e. The molecule has 1 aliphatic heterocycles. The number of ether oxygens (including phenoxy) is 1. The van der Waals surface area contributed by atoms with Gasteiger partial charge in [-0.25, -0.2) is 4.68 Å². The Kier molecular flexibility index (Phi) is 5.29. The van der Waals surface area contributed by atoms with Crippen LogP contribution in [0, 0.1) is 10.1 Å². The van der Waals surface area contributed by atoms with Crippen LogP contribution < -0.4 is 14.5 Å². The third kappa shape index (κ3) is 3.31. The summed E-state index contributed by atoms with van der Waals surface area (Å²) < 4.78 is 7.37. The fourth-order valence-corrected chi connectivity index (χ4v) is 3.49. The minimum absolute atomic E-state index is 0.137. The smallest absolute Gasteiger partial charge is 0.334 e. The van der Waals surface area contributed by atoms with Gasteiger partial charge in [-0.1, -0.05) is 19.1 Å². The van der Waals surface area contributed by atoms with Crippen molar-refractivity contribution in [3.8, 4) is 5.75 Å². The number of rotatable bonds is 6. The van der Waals surface area contributed by atoms with E-state index in [-0.39, 0.29) is 10.6 Å². The van der Waals surface area contributed by atoms with Crippen LogP contribution in [0.15, 0.2) is 24.3 Å². The van der Waals surface area contributed by atoms with Crippen LogP contribution in [0.1, 0.15) is 19.5 Å². The van der Waals surface area contributed by atoms with Gasteiger partial charge in [-0.05, 0) is 25.5 Å². The molecule has 1 aromatic carbocycles. The van der Waals surface area contributed by atoms with E-state index < -0.39 is 0 Å². The quantitative estimate of drug-likeness (QED) is 0.583. The summed E-state index contributed by atoms with van der Waals surface area (Å²) in [6, 6.07) is 8.01. The molecule has 0 aliphatic carbocycles. The maximum atomic E-state index is 11.6. The summed E-state index contributed by atoms with van der Waals surface area (Å²) in [5, 5.41) is 15.9. The highest BCUT2D eigenvalue weighted by Crippen LogP contribution is 2.34. The van der Waals surface area contributed by atoms with Gasteiger partial charge < -0.3 is 14.5 Å². The van der Waals surface area contributed by atoms with Gasteiger partial charge in [0.1, 0.15) is 11.4 Å². The molecule has 1 saturated heterocycles. The van der Waals surface area contributed by atoms with Crippen molar-refractivity contribution >= 4 is 17.2 Å². The highest BCUT2D eigenvalue weighted by atomic mass is 16.6. The first-order chi connectivity index (χ1) is 12.6. The summed E-state index contributed by atoms with van der Waals surface area (Å²) in [5.74, 6) is 1.48. The summed E-state index contributed by atoms with van der Waals surface area (Å²) >= 11 is 0. The Morgan fingerprint density at radius 2 is 1.81 bits per heavy atom. The first-order valence-corrected chi connectivity index (χ1v) is 8.98. The number of aryl methyl sites for hydroxylation is 2. The van der Waals surface area contributed by atoms with Crippen LogP contribution in [0.3, 0.4) is 0 Å². The van der Waals surface area contributed by atoms with Crippen molar-refractivity contribution in [2.75, 3.05) is 42.6 Å². The minimum Gasteiger partial charge on any atom is -0.492 e. The highest BCUT2D eigenvalue weighted by Gasteiger charge is 2.31. The number of benzene rings is 1. The number of nitro groups is 1. The third-order valence-electron chi connectivity index (χ3n) is 4.66. The Labute approximate surface area is 153 Å². The maximum Gasteiger partial charge on any atom is 0.334 e. The summed E-state index contributed by atoms with van der Waals surface area (Å²) in [7, 11) is 1.78. The molecule has 0 N–H and O–H groups in total. The molecule has 8 heteroatoms. The molecule has 0 bridgehead atoms. The van der Waals surface area contributed by atoms with E-state index in [2.05, 4.69) is 21.0 Å². The fourth-order valence-electron chi connectivity index (χ4n) is 3.49. The topological polar surface area (TPSA) is 76.7 Å². The van der Waals surface area contributed by atoms with Crippen molar-refractivity contribution in [1.82, 2.24) is 9.78 Å². The van der Waals surface area contributed by atoms with Crippen LogP contribution in [-0.4, -0.2) is 47.5 Å². The fraction of sp³-hybridized carbons (Fsp3) is 0.500. The molecule has 1 fully saturated rings. The molecule has 0 amide bonds. The molecule has 8 nitrogen and oxygen atoms in total. The highest BCUT2D eigenvalue weighted by molar-refractivity contribution is 5.64. The van der Waals surface area contributed by atoms with E-state index in [1.54, 1.807) is 11.7 Å². The predicted molar refractivity (Wildman–Crippen MR) is 101 cm³/mol. The Morgan fingerprint density at radius 1 is 1.15 bits per heavy atom. The van der Waals surface area contributed by atoms with Crippen molar-refractivity contribution in [2.24, 2.45) is 7.05 Å². The minimum atomic E-state index is -0.308. The zero-order chi connectivity index (χ0) is 18.7. The lowest BCUT2D eigenvalue weighted by molar-refractivity contribution is -0.384. The van der Waals surface area contributed by atoms with Crippen LogP contribution in [0.25, 0.3) is 0 Å². The van der Waals surface area contributed by atoms with Crippen LogP contribution in [0.4, 0.5) is 17.2 Å². The van der Waals surface area contributed by atoms with Crippen molar-refractivity contribution in [3.05, 3.63) is 40.1 Å². The molecular formula is C18H25N5O3. The van der Waals surface area contributed by atoms with Crippen molar-refractivity contribution in [2.45, 2.75) is 20.3 Å². The average Bonchev–Trinajstić information content (AvgIpc) is 2.99. The van der Waals surface area contributed by atoms with Crippen LogP contribution in [0.2, 0.25) is 0 Å². The molecule has 26 heavy (non-hydrogen) atoms. The molecule has 2 aromatic rings. The number of aromatic nitrogens is 2. The van der Waals surface area contributed by atoms with Crippen LogP contribution >= 0.6 is 0 Å². The number of para-hydroxylation sites is 2. The molecule has 1 aliphatic rings. The molecule has 0 atom stereocenters. The standard InChI is InChI=1S/C18H25N5O3/c1-4-14-17(23(24)25)18(20(3)19-14)22-12-10-21(11-13-22)15-8-6-7-9-16(15)26-5-2/h6-9H,4-5,10-13H2,1-3H3. The summed E-state index contributed by atoms with van der Waals surface area (Å²) in [6.45, 7) is 7.43. The van der Waals surface area contributed by atoms with Gasteiger partial charge in [-0.3, -0.25) is 10.1 Å². The van der Waals surface area contributed by atoms with E-state index in [1.165, 1.54) is 0 Å². The zero-order valence-electron chi connectivity index (χ0n) is 15.5. The van der Waals surface area contributed by atoms with Crippen molar-refractivity contribution < 1.29 is 9.66 Å². The van der Waals surface area contributed by atoms with Gasteiger partial charge in [-0.2, -0.15) is 5.10 Å². The molecule has 0 unspecified atom stereocenters. The summed E-state index contributed by atoms with van der Waals surface area (Å²) in [5.41, 5.74) is 1.75. The van der Waals surface area contributed by atoms with E-state index in [4.69, 9.17) is 4.74 Å². The molecule has 0 saturated carbocycles. The van der Waals surface area contributed by atoms with E-state index >= 15 is 0 Å². The number of piperazine rings is 1. The van der Waals surface area contributed by atoms with Crippen LogP contribution in [-0.2, 0) is 13.5 Å². The Bertz CT molecular complexity index is 781. The van der Waals surface area contributed by atoms with E-state index in [1.807, 2.05) is 32.0 Å². The predicted octanol–water partition coefficient (Wildman–Crippen LogP) is 2.62. The summed E-state index contributed by atoms with van der Waals surface area (Å²) in [4.78, 5) is 15.6. The Hall–Kier alpha value is -2.77. The van der Waals surface area contributed by atoms with E-state index in [0.29, 0.717) is 37.6 Å². The normalized spacial score (nSPS) is 14.6. The molecule has 140 valence electrons. The second kappa shape index (κ2) is 7.63. The lowest BCUT2D eigenvalue weighted by atomic mass is 10.2. The van der Waals surface area contributed by atoms with E-state index in [0.717, 1.165) is 24.5 Å². The van der Waals surface area contributed by atoms with Gasteiger partial charge in [0.15, 0.2) is 0 Å². The first-order valence-electron chi connectivity index (χ1n) is 8.98. The van der Waals surface area contributed by atoms with Gasteiger partial charge in [0.05, 0.1) is 17.2 Å². The Balaban J connectivity index is 1.80. The molecule has 2 heterocycles. The average molecular weight is 359 g/mol. The molecule has 0 radical (unpaired) electrons. The molecule has 0 spiro atoms. The van der Waals surface area contributed by atoms with Gasteiger partial charge in [0, 0.05) is 33.2 Å². The first kappa shape index (κ1) is 18.0. The zero-order valence-corrected chi connectivity index (χ0v) is 15.5. The van der Waals surface area contributed by atoms with Gasteiger partial charge >= 0.3 is 5.69 Å². The second-order valence-corrected chi connectivity index (χ2v) is 6.23. The van der Waals surface area contributed by atoms with Crippen molar-refractivity contribution in [3.63, 3.8) is 0 Å². The number of hydrogen-bond acceptors (Lipinski definition) is 6.